The van der Waals surface area contributed by atoms with Crippen LogP contribution in [0.1, 0.15) is 37.8 Å². The topological polar surface area (TPSA) is 12.0 Å². The Morgan fingerprint density at radius 2 is 2.05 bits per heavy atom. The van der Waals surface area contributed by atoms with Crippen LogP contribution in [0.2, 0.25) is 5.02 Å². The molecule has 0 aromatic heterocycles. The van der Waals surface area contributed by atoms with E-state index in [1.54, 1.807) is 0 Å². The minimum atomic E-state index is -0.275. The van der Waals surface area contributed by atoms with Crippen molar-refractivity contribution in [2.45, 2.75) is 32.2 Å². The molecular weight excluding hydrogens is 329 g/mol. The number of hydrogen-bond donors (Lipinski definition) is 1. The lowest BCUT2D eigenvalue weighted by Crippen LogP contribution is -2.28. The van der Waals surface area contributed by atoms with Gasteiger partial charge in [-0.2, -0.15) is 0 Å². The number of fused-ring (bicyclic) bond motifs is 1. The average molecular weight is 347 g/mol. The third kappa shape index (κ3) is 2.57. The van der Waals surface area contributed by atoms with Gasteiger partial charge < -0.3 is 5.32 Å². The lowest BCUT2D eigenvalue weighted by Gasteiger charge is -2.27. The fourth-order valence-corrected chi connectivity index (χ4v) is 4.04. The maximum Gasteiger partial charge on any atom is 0.147 e. The Kier molecular flexibility index (Phi) is 3.89. The van der Waals surface area contributed by atoms with E-state index >= 15 is 0 Å². The van der Waals surface area contributed by atoms with Gasteiger partial charge in [0.1, 0.15) is 5.82 Å². The first-order chi connectivity index (χ1) is 9.11. The average Bonchev–Trinajstić information content (AvgIpc) is 3.01. The molecule has 0 radical (unpaired) electrons. The highest BCUT2D eigenvalue weighted by molar-refractivity contribution is 9.10. The van der Waals surface area contributed by atoms with E-state index in [0.29, 0.717) is 10.4 Å². The van der Waals surface area contributed by atoms with Crippen molar-refractivity contribution in [3.05, 3.63) is 33.0 Å². The molecule has 0 heterocycles. The van der Waals surface area contributed by atoms with Gasteiger partial charge in [0, 0.05) is 16.1 Å². The first-order valence-corrected chi connectivity index (χ1v) is 8.15. The van der Waals surface area contributed by atoms with Gasteiger partial charge in [-0.3, -0.25) is 0 Å². The molecular formula is C15H18BrClFN. The van der Waals surface area contributed by atoms with E-state index in [1.807, 2.05) is 12.1 Å². The van der Waals surface area contributed by atoms with Crippen molar-refractivity contribution in [3.63, 3.8) is 0 Å². The molecule has 2 aliphatic rings. The smallest absolute Gasteiger partial charge is 0.147 e. The lowest BCUT2D eigenvalue weighted by molar-refractivity contribution is 0.338. The van der Waals surface area contributed by atoms with Gasteiger partial charge in [0.15, 0.2) is 0 Å². The molecule has 4 heteroatoms. The minimum absolute atomic E-state index is 0.100. The molecule has 1 aromatic carbocycles. The van der Waals surface area contributed by atoms with Crippen LogP contribution in [0, 0.1) is 23.6 Å². The summed E-state index contributed by atoms with van der Waals surface area (Å²) >= 11 is 9.30. The van der Waals surface area contributed by atoms with Crippen LogP contribution in [0.5, 0.6) is 0 Å². The Bertz CT molecular complexity index is 483. The van der Waals surface area contributed by atoms with Gasteiger partial charge in [0.05, 0.1) is 5.02 Å². The summed E-state index contributed by atoms with van der Waals surface area (Å²) in [5.41, 5.74) is 0.723. The number of benzene rings is 1. The molecule has 3 unspecified atom stereocenters. The minimum Gasteiger partial charge on any atom is -0.310 e. The Hall–Kier alpha value is -0.120. The largest absolute Gasteiger partial charge is 0.310 e. The summed E-state index contributed by atoms with van der Waals surface area (Å²) in [6.07, 6.45) is 3.85. The highest BCUT2D eigenvalue weighted by atomic mass is 79.9. The summed E-state index contributed by atoms with van der Waals surface area (Å²) in [6, 6.07) is 3.81. The fourth-order valence-electron chi connectivity index (χ4n) is 3.57. The van der Waals surface area contributed by atoms with Gasteiger partial charge in [0.2, 0.25) is 0 Å². The van der Waals surface area contributed by atoms with Crippen molar-refractivity contribution in [1.82, 2.24) is 5.32 Å². The molecule has 104 valence electrons. The van der Waals surface area contributed by atoms with Gasteiger partial charge in [-0.25, -0.2) is 4.39 Å². The predicted octanol–water partition coefficient (Wildman–Crippen LogP) is 4.94. The quantitative estimate of drug-likeness (QED) is 0.762. The molecule has 0 amide bonds. The first-order valence-electron chi connectivity index (χ1n) is 6.98. The second-order valence-electron chi connectivity index (χ2n) is 5.79. The van der Waals surface area contributed by atoms with E-state index in [1.165, 1.54) is 19.3 Å². The van der Waals surface area contributed by atoms with Crippen LogP contribution < -0.4 is 5.32 Å². The van der Waals surface area contributed by atoms with Crippen molar-refractivity contribution in [2.75, 3.05) is 6.54 Å². The maximum absolute atomic E-state index is 14.4. The molecule has 2 aliphatic carbocycles. The molecule has 1 N–H and O–H groups in total. The van der Waals surface area contributed by atoms with Crippen LogP contribution in [0.25, 0.3) is 0 Å². The summed E-state index contributed by atoms with van der Waals surface area (Å²) in [6.45, 7) is 2.92. The highest BCUT2D eigenvalue weighted by Crippen LogP contribution is 2.57. The fraction of sp³-hybridized carbons (Fsp3) is 0.600. The zero-order valence-corrected chi connectivity index (χ0v) is 13.3. The van der Waals surface area contributed by atoms with Crippen LogP contribution in [-0.2, 0) is 0 Å². The van der Waals surface area contributed by atoms with Gasteiger partial charge in [-0.15, -0.1) is 0 Å². The third-order valence-electron chi connectivity index (χ3n) is 4.58. The summed E-state index contributed by atoms with van der Waals surface area (Å²) in [7, 11) is 0. The van der Waals surface area contributed by atoms with E-state index in [0.717, 1.165) is 23.9 Å². The highest BCUT2D eigenvalue weighted by Gasteiger charge is 2.48. The van der Waals surface area contributed by atoms with Crippen molar-refractivity contribution in [3.8, 4) is 0 Å². The van der Waals surface area contributed by atoms with Crippen LogP contribution in [0.4, 0.5) is 4.39 Å². The number of rotatable bonds is 4. The van der Waals surface area contributed by atoms with E-state index in [9.17, 15) is 4.39 Å². The molecule has 3 atom stereocenters. The number of halogens is 3. The second-order valence-corrected chi connectivity index (χ2v) is 7.02. The zero-order valence-electron chi connectivity index (χ0n) is 10.9. The lowest BCUT2D eigenvalue weighted by atomic mass is 9.89. The normalized spacial score (nSPS) is 30.2. The Labute approximate surface area is 127 Å². The van der Waals surface area contributed by atoms with Gasteiger partial charge >= 0.3 is 0 Å². The molecule has 2 saturated carbocycles. The van der Waals surface area contributed by atoms with Crippen LogP contribution in [-0.4, -0.2) is 6.54 Å². The van der Waals surface area contributed by atoms with Crippen LogP contribution >= 0.6 is 27.5 Å². The van der Waals surface area contributed by atoms with Gasteiger partial charge in [0.25, 0.3) is 0 Å². The van der Waals surface area contributed by atoms with Crippen LogP contribution in [0.15, 0.2) is 16.6 Å². The summed E-state index contributed by atoms with van der Waals surface area (Å²) in [5.74, 6) is 2.08. The number of nitrogens with one attached hydrogen (secondary N) is 1. The van der Waals surface area contributed by atoms with Crippen molar-refractivity contribution < 1.29 is 4.39 Å². The summed E-state index contributed by atoms with van der Waals surface area (Å²) in [5, 5.41) is 3.65. The summed E-state index contributed by atoms with van der Waals surface area (Å²) in [4.78, 5) is 0. The molecule has 0 saturated heterocycles. The standard InChI is InChI=1S/C15H18BrClFN/c1-2-19-15(10-6-8-5-9(8)7-10)11-3-4-12(16)13(17)14(11)18/h3-4,8-10,15,19H,2,5-7H2,1H3. The maximum atomic E-state index is 14.4. The SMILES string of the molecule is CCNC(c1ccc(Br)c(Cl)c1F)C1CC2CC2C1. The van der Waals surface area contributed by atoms with Crippen molar-refractivity contribution in [1.29, 1.82) is 0 Å². The molecule has 1 aromatic rings. The molecule has 0 spiro atoms. The van der Waals surface area contributed by atoms with E-state index in [4.69, 9.17) is 11.6 Å². The molecule has 2 fully saturated rings. The molecule has 19 heavy (non-hydrogen) atoms. The molecule has 0 aliphatic heterocycles. The zero-order chi connectivity index (χ0) is 13.6. The van der Waals surface area contributed by atoms with Crippen LogP contribution in [0.3, 0.4) is 0 Å². The molecule has 3 rings (SSSR count). The number of hydrogen-bond acceptors (Lipinski definition) is 1. The molecule has 0 bridgehead atoms. The first kappa shape index (κ1) is 13.8. The Balaban J connectivity index is 1.89. The van der Waals surface area contributed by atoms with Gasteiger partial charge in [-0.05, 0) is 65.6 Å². The van der Waals surface area contributed by atoms with E-state index in [-0.39, 0.29) is 16.9 Å². The van der Waals surface area contributed by atoms with E-state index < -0.39 is 0 Å². The predicted molar refractivity (Wildman–Crippen MR) is 79.8 cm³/mol. The van der Waals surface area contributed by atoms with E-state index in [2.05, 4.69) is 28.2 Å². The van der Waals surface area contributed by atoms with Crippen molar-refractivity contribution in [2.24, 2.45) is 17.8 Å². The summed E-state index contributed by atoms with van der Waals surface area (Å²) < 4.78 is 15.0. The Morgan fingerprint density at radius 1 is 1.37 bits per heavy atom. The third-order valence-corrected chi connectivity index (χ3v) is 5.83. The Morgan fingerprint density at radius 3 is 2.68 bits per heavy atom. The molecule has 1 nitrogen and oxygen atoms in total. The van der Waals surface area contributed by atoms with Gasteiger partial charge in [-0.1, -0.05) is 24.6 Å². The van der Waals surface area contributed by atoms with Crippen molar-refractivity contribution >= 4 is 27.5 Å². The second kappa shape index (κ2) is 5.34. The monoisotopic (exact) mass is 345 g/mol.